The number of halogens is 1. The molecule has 0 spiro atoms. The second-order valence-corrected chi connectivity index (χ2v) is 9.05. The van der Waals surface area contributed by atoms with Gasteiger partial charge in [-0.2, -0.15) is 0 Å². The number of methoxy groups -OCH3 is 1. The Morgan fingerprint density at radius 3 is 2.44 bits per heavy atom. The Bertz CT molecular complexity index is 1210. The maximum atomic E-state index is 12.6. The summed E-state index contributed by atoms with van der Waals surface area (Å²) in [5.74, 6) is -0.251. The van der Waals surface area contributed by atoms with Crippen LogP contribution in [0.1, 0.15) is 16.7 Å². The van der Waals surface area contributed by atoms with Crippen LogP contribution in [0.3, 0.4) is 0 Å². The molecule has 3 rings (SSSR count). The molecule has 0 heterocycles. The molecule has 0 saturated heterocycles. The maximum Gasteiger partial charge on any atom is 0.261 e. The Balaban J connectivity index is 1.58. The van der Waals surface area contributed by atoms with E-state index in [0.29, 0.717) is 29.4 Å². The third kappa shape index (κ3) is 6.68. The van der Waals surface area contributed by atoms with Gasteiger partial charge < -0.3 is 10.1 Å². The lowest BCUT2D eigenvalue weighted by Crippen LogP contribution is -2.20. The first-order valence-electron chi connectivity index (χ1n) is 9.77. The van der Waals surface area contributed by atoms with Gasteiger partial charge >= 0.3 is 0 Å². The SMILES string of the molecule is COCc1cccc(CNC(=O)C=Cc2ccc(S(=O)(=O)Nc3ccccc3Cl)cc2)c1. The number of rotatable bonds is 9. The minimum Gasteiger partial charge on any atom is -0.380 e. The molecule has 2 N–H and O–H groups in total. The van der Waals surface area contributed by atoms with Crippen LogP contribution in [0.4, 0.5) is 5.69 Å². The number of ether oxygens (including phenoxy) is 1. The molecular formula is C24H23ClN2O4S. The monoisotopic (exact) mass is 470 g/mol. The predicted octanol–water partition coefficient (Wildman–Crippen LogP) is 4.62. The van der Waals surface area contributed by atoms with Gasteiger partial charge in [-0.05, 0) is 47.0 Å². The van der Waals surface area contributed by atoms with Crippen LogP contribution in [0.2, 0.25) is 5.02 Å². The van der Waals surface area contributed by atoms with Crippen LogP contribution in [0, 0.1) is 0 Å². The molecule has 0 aliphatic rings. The van der Waals surface area contributed by atoms with Gasteiger partial charge in [0.05, 0.1) is 22.2 Å². The highest BCUT2D eigenvalue weighted by molar-refractivity contribution is 7.92. The van der Waals surface area contributed by atoms with Gasteiger partial charge in [0.1, 0.15) is 0 Å². The molecule has 0 atom stereocenters. The van der Waals surface area contributed by atoms with Crippen LogP contribution >= 0.6 is 11.6 Å². The van der Waals surface area contributed by atoms with Crippen molar-refractivity contribution < 1.29 is 17.9 Å². The van der Waals surface area contributed by atoms with Crippen molar-refractivity contribution >= 4 is 39.3 Å². The molecule has 0 fully saturated rings. The number of carbonyl (C=O) groups is 1. The van der Waals surface area contributed by atoms with Crippen LogP contribution < -0.4 is 10.0 Å². The molecule has 3 aromatic carbocycles. The van der Waals surface area contributed by atoms with Gasteiger partial charge in [-0.1, -0.05) is 60.1 Å². The summed E-state index contributed by atoms with van der Waals surface area (Å²) >= 11 is 6.02. The van der Waals surface area contributed by atoms with Crippen molar-refractivity contribution in [2.24, 2.45) is 0 Å². The second-order valence-electron chi connectivity index (χ2n) is 6.96. The van der Waals surface area contributed by atoms with Gasteiger partial charge in [-0.25, -0.2) is 8.42 Å². The molecule has 0 aromatic heterocycles. The third-order valence-electron chi connectivity index (χ3n) is 4.50. The highest BCUT2D eigenvalue weighted by Crippen LogP contribution is 2.24. The van der Waals surface area contributed by atoms with Crippen LogP contribution in [0.15, 0.2) is 83.8 Å². The molecule has 8 heteroatoms. The summed E-state index contributed by atoms with van der Waals surface area (Å²) in [5, 5.41) is 3.13. The quantitative estimate of drug-likeness (QED) is 0.447. The number of hydrogen-bond acceptors (Lipinski definition) is 4. The van der Waals surface area contributed by atoms with E-state index in [2.05, 4.69) is 10.0 Å². The zero-order valence-corrected chi connectivity index (χ0v) is 19.0. The van der Waals surface area contributed by atoms with Crippen LogP contribution in [0.5, 0.6) is 0 Å². The first kappa shape index (κ1) is 23.5. The summed E-state index contributed by atoms with van der Waals surface area (Å²) in [4.78, 5) is 12.2. The van der Waals surface area contributed by atoms with Gasteiger partial charge in [0.15, 0.2) is 0 Å². The average Bonchev–Trinajstić information content (AvgIpc) is 2.78. The predicted molar refractivity (Wildman–Crippen MR) is 127 cm³/mol. The fourth-order valence-corrected chi connectivity index (χ4v) is 4.24. The standard InChI is InChI=1S/C24H23ClN2O4S/c1-31-17-20-6-4-5-19(15-20)16-26-24(28)14-11-18-9-12-21(13-10-18)32(29,30)27-23-8-3-2-7-22(23)25/h2-15,27H,16-17H2,1H3,(H,26,28). The number of amides is 1. The summed E-state index contributed by atoms with van der Waals surface area (Å²) in [6.07, 6.45) is 3.03. The van der Waals surface area contributed by atoms with Gasteiger partial charge in [0.2, 0.25) is 5.91 Å². The number of para-hydroxylation sites is 1. The van der Waals surface area contributed by atoms with E-state index in [4.69, 9.17) is 16.3 Å². The maximum absolute atomic E-state index is 12.6. The van der Waals surface area contributed by atoms with E-state index in [1.54, 1.807) is 49.6 Å². The summed E-state index contributed by atoms with van der Waals surface area (Å²) in [7, 11) is -2.14. The molecule has 0 bridgehead atoms. The van der Waals surface area contributed by atoms with E-state index in [-0.39, 0.29) is 10.8 Å². The highest BCUT2D eigenvalue weighted by Gasteiger charge is 2.15. The Hall–Kier alpha value is -3.13. The number of anilines is 1. The van der Waals surface area contributed by atoms with Crippen molar-refractivity contribution in [2.45, 2.75) is 18.0 Å². The van der Waals surface area contributed by atoms with Crippen molar-refractivity contribution in [2.75, 3.05) is 11.8 Å². The Kier molecular flexibility index (Phi) is 8.05. The first-order valence-corrected chi connectivity index (χ1v) is 11.6. The van der Waals surface area contributed by atoms with Crippen molar-refractivity contribution in [3.8, 4) is 0 Å². The molecule has 0 unspecified atom stereocenters. The lowest BCUT2D eigenvalue weighted by atomic mass is 10.1. The van der Waals surface area contributed by atoms with Crippen LogP contribution in [-0.4, -0.2) is 21.4 Å². The molecule has 0 saturated carbocycles. The third-order valence-corrected chi connectivity index (χ3v) is 6.22. The number of carbonyl (C=O) groups excluding carboxylic acids is 1. The van der Waals surface area contributed by atoms with E-state index in [9.17, 15) is 13.2 Å². The summed E-state index contributed by atoms with van der Waals surface area (Å²) in [6.45, 7) is 0.910. The fourth-order valence-electron chi connectivity index (χ4n) is 2.92. The Morgan fingerprint density at radius 2 is 1.72 bits per heavy atom. The van der Waals surface area contributed by atoms with Gasteiger partial charge in [-0.3, -0.25) is 9.52 Å². The number of benzene rings is 3. The molecule has 0 aliphatic heterocycles. The van der Waals surface area contributed by atoms with Crippen molar-refractivity contribution in [1.82, 2.24) is 5.32 Å². The highest BCUT2D eigenvalue weighted by atomic mass is 35.5. The number of hydrogen-bond donors (Lipinski definition) is 2. The van der Waals surface area contributed by atoms with E-state index >= 15 is 0 Å². The van der Waals surface area contributed by atoms with E-state index in [1.807, 2.05) is 24.3 Å². The van der Waals surface area contributed by atoms with Crippen LogP contribution in [-0.2, 0) is 32.7 Å². The molecule has 3 aromatic rings. The number of sulfonamides is 1. The summed E-state index contributed by atoms with van der Waals surface area (Å²) < 4.78 is 32.7. The smallest absolute Gasteiger partial charge is 0.261 e. The Morgan fingerprint density at radius 1 is 1.00 bits per heavy atom. The van der Waals surface area contributed by atoms with Crippen molar-refractivity contribution in [3.63, 3.8) is 0 Å². The molecule has 6 nitrogen and oxygen atoms in total. The van der Waals surface area contributed by atoms with Gasteiger partial charge in [0.25, 0.3) is 10.0 Å². The normalized spacial score (nSPS) is 11.4. The summed E-state index contributed by atoms with van der Waals surface area (Å²) in [6, 6.07) is 20.6. The van der Waals surface area contributed by atoms with Crippen LogP contribution in [0.25, 0.3) is 6.08 Å². The summed E-state index contributed by atoms with van der Waals surface area (Å²) in [5.41, 5.74) is 3.01. The second kappa shape index (κ2) is 10.9. The zero-order chi connectivity index (χ0) is 23.0. The van der Waals surface area contributed by atoms with Crippen molar-refractivity contribution in [3.05, 3.63) is 101 Å². The average molecular weight is 471 g/mol. The topological polar surface area (TPSA) is 84.5 Å². The Labute approximate surface area is 192 Å². The molecule has 0 aliphatic carbocycles. The molecule has 1 amide bonds. The fraction of sp³-hybridized carbons (Fsp3) is 0.125. The molecule has 32 heavy (non-hydrogen) atoms. The minimum absolute atomic E-state index is 0.0926. The van der Waals surface area contributed by atoms with Gasteiger partial charge in [0, 0.05) is 19.7 Å². The molecular weight excluding hydrogens is 448 g/mol. The zero-order valence-electron chi connectivity index (χ0n) is 17.4. The van der Waals surface area contributed by atoms with E-state index in [1.165, 1.54) is 18.2 Å². The largest absolute Gasteiger partial charge is 0.380 e. The minimum atomic E-state index is -3.78. The van der Waals surface area contributed by atoms with E-state index < -0.39 is 10.0 Å². The van der Waals surface area contributed by atoms with E-state index in [0.717, 1.165) is 11.1 Å². The first-order chi connectivity index (χ1) is 15.4. The lowest BCUT2D eigenvalue weighted by Gasteiger charge is -2.09. The molecule has 0 radical (unpaired) electrons. The number of nitrogens with one attached hydrogen (secondary N) is 2. The lowest BCUT2D eigenvalue weighted by molar-refractivity contribution is -0.116. The van der Waals surface area contributed by atoms with Crippen molar-refractivity contribution in [1.29, 1.82) is 0 Å². The van der Waals surface area contributed by atoms with Gasteiger partial charge in [-0.15, -0.1) is 0 Å². The molecule has 166 valence electrons.